The predicted molar refractivity (Wildman–Crippen MR) is 56.1 cm³/mol. The van der Waals surface area contributed by atoms with Crippen LogP contribution in [0.2, 0.25) is 0 Å². The fourth-order valence-electron chi connectivity index (χ4n) is 2.15. The number of piperidine rings is 1. The standard InChI is InChI=1S/C11H21NO2/c1-9(11(13)14-3)8-10-6-4-5-7-12(10)2/h9-10H,4-8H2,1-3H3. The molecule has 0 aromatic rings. The number of nitrogens with zero attached hydrogens (tertiary/aromatic N) is 1. The van der Waals surface area contributed by atoms with E-state index in [1.165, 1.54) is 32.9 Å². The number of hydrogen-bond donors (Lipinski definition) is 0. The second kappa shape index (κ2) is 5.35. The topological polar surface area (TPSA) is 29.5 Å². The Labute approximate surface area is 86.4 Å². The second-order valence-electron chi connectivity index (χ2n) is 4.29. The van der Waals surface area contributed by atoms with E-state index in [2.05, 4.69) is 11.9 Å². The molecule has 2 atom stereocenters. The minimum absolute atomic E-state index is 0.0329. The summed E-state index contributed by atoms with van der Waals surface area (Å²) in [6.45, 7) is 3.12. The van der Waals surface area contributed by atoms with Crippen LogP contribution in [-0.2, 0) is 9.53 Å². The molecule has 3 heteroatoms. The van der Waals surface area contributed by atoms with Crippen molar-refractivity contribution in [1.82, 2.24) is 4.90 Å². The third-order valence-electron chi connectivity index (χ3n) is 3.15. The Kier molecular flexibility index (Phi) is 4.39. The number of ether oxygens (including phenoxy) is 1. The van der Waals surface area contributed by atoms with Gasteiger partial charge in [-0.15, -0.1) is 0 Å². The summed E-state index contributed by atoms with van der Waals surface area (Å²) >= 11 is 0. The van der Waals surface area contributed by atoms with Crippen molar-refractivity contribution in [2.24, 2.45) is 5.92 Å². The lowest BCUT2D eigenvalue weighted by Gasteiger charge is -2.33. The highest BCUT2D eigenvalue weighted by Crippen LogP contribution is 2.21. The van der Waals surface area contributed by atoms with Crippen LogP contribution in [0.25, 0.3) is 0 Å². The number of esters is 1. The van der Waals surface area contributed by atoms with Gasteiger partial charge in [-0.3, -0.25) is 4.79 Å². The molecule has 0 amide bonds. The Bertz CT molecular complexity index is 194. The molecule has 0 aliphatic carbocycles. The van der Waals surface area contributed by atoms with Gasteiger partial charge in [-0.05, 0) is 32.9 Å². The van der Waals surface area contributed by atoms with E-state index in [0.717, 1.165) is 6.42 Å². The molecular weight excluding hydrogens is 178 g/mol. The van der Waals surface area contributed by atoms with E-state index >= 15 is 0 Å². The van der Waals surface area contributed by atoms with Gasteiger partial charge in [-0.1, -0.05) is 13.3 Å². The number of rotatable bonds is 3. The van der Waals surface area contributed by atoms with Crippen molar-refractivity contribution in [3.8, 4) is 0 Å². The molecule has 0 N–H and O–H groups in total. The van der Waals surface area contributed by atoms with Crippen LogP contribution in [0.1, 0.15) is 32.6 Å². The molecule has 1 aliphatic rings. The van der Waals surface area contributed by atoms with Gasteiger partial charge < -0.3 is 9.64 Å². The first-order valence-electron chi connectivity index (χ1n) is 5.43. The minimum Gasteiger partial charge on any atom is -0.469 e. The number of carbonyl (C=O) groups is 1. The Morgan fingerprint density at radius 3 is 2.86 bits per heavy atom. The highest BCUT2D eigenvalue weighted by atomic mass is 16.5. The number of methoxy groups -OCH3 is 1. The van der Waals surface area contributed by atoms with Crippen molar-refractivity contribution in [3.05, 3.63) is 0 Å². The third-order valence-corrected chi connectivity index (χ3v) is 3.15. The zero-order chi connectivity index (χ0) is 10.6. The van der Waals surface area contributed by atoms with Crippen molar-refractivity contribution in [2.75, 3.05) is 20.7 Å². The molecule has 1 saturated heterocycles. The van der Waals surface area contributed by atoms with Crippen molar-refractivity contribution in [1.29, 1.82) is 0 Å². The average Bonchev–Trinajstić information content (AvgIpc) is 2.20. The summed E-state index contributed by atoms with van der Waals surface area (Å²) in [5.41, 5.74) is 0. The van der Waals surface area contributed by atoms with E-state index < -0.39 is 0 Å². The molecule has 82 valence electrons. The molecule has 1 fully saturated rings. The second-order valence-corrected chi connectivity index (χ2v) is 4.29. The maximum Gasteiger partial charge on any atom is 0.308 e. The van der Waals surface area contributed by atoms with Gasteiger partial charge >= 0.3 is 5.97 Å². The summed E-state index contributed by atoms with van der Waals surface area (Å²) in [5, 5.41) is 0. The predicted octanol–water partition coefficient (Wildman–Crippen LogP) is 1.67. The summed E-state index contributed by atoms with van der Waals surface area (Å²) < 4.78 is 4.73. The van der Waals surface area contributed by atoms with Crippen LogP contribution in [0.5, 0.6) is 0 Å². The molecular formula is C11H21NO2. The third kappa shape index (κ3) is 2.98. The largest absolute Gasteiger partial charge is 0.469 e. The highest BCUT2D eigenvalue weighted by molar-refractivity contribution is 5.71. The van der Waals surface area contributed by atoms with Crippen LogP contribution in [0.4, 0.5) is 0 Å². The van der Waals surface area contributed by atoms with Crippen LogP contribution in [-0.4, -0.2) is 37.6 Å². The van der Waals surface area contributed by atoms with Gasteiger partial charge in [0.05, 0.1) is 13.0 Å². The van der Waals surface area contributed by atoms with Gasteiger partial charge in [0, 0.05) is 6.04 Å². The van der Waals surface area contributed by atoms with Gasteiger partial charge in [0.15, 0.2) is 0 Å². The Morgan fingerprint density at radius 2 is 2.29 bits per heavy atom. The molecule has 0 aromatic heterocycles. The quantitative estimate of drug-likeness (QED) is 0.648. The monoisotopic (exact) mass is 199 g/mol. The van der Waals surface area contributed by atoms with Crippen molar-refractivity contribution in [2.45, 2.75) is 38.6 Å². The van der Waals surface area contributed by atoms with Crippen LogP contribution in [0.3, 0.4) is 0 Å². The Morgan fingerprint density at radius 1 is 1.57 bits per heavy atom. The van der Waals surface area contributed by atoms with Crippen LogP contribution in [0.15, 0.2) is 0 Å². The molecule has 3 nitrogen and oxygen atoms in total. The maximum atomic E-state index is 11.3. The zero-order valence-electron chi connectivity index (χ0n) is 9.45. The van der Waals surface area contributed by atoms with E-state index in [4.69, 9.17) is 4.74 Å². The van der Waals surface area contributed by atoms with Crippen LogP contribution >= 0.6 is 0 Å². The van der Waals surface area contributed by atoms with Gasteiger partial charge in [0.2, 0.25) is 0 Å². The van der Waals surface area contributed by atoms with Crippen molar-refractivity contribution < 1.29 is 9.53 Å². The van der Waals surface area contributed by atoms with Gasteiger partial charge in [0.25, 0.3) is 0 Å². The Balaban J connectivity index is 2.38. The van der Waals surface area contributed by atoms with E-state index in [0.29, 0.717) is 6.04 Å². The SMILES string of the molecule is COC(=O)C(C)CC1CCCCN1C. The molecule has 0 spiro atoms. The van der Waals surface area contributed by atoms with Crippen LogP contribution < -0.4 is 0 Å². The lowest BCUT2D eigenvalue weighted by Crippen LogP contribution is -2.38. The first-order chi connectivity index (χ1) is 6.65. The molecule has 0 aromatic carbocycles. The first kappa shape index (κ1) is 11.5. The molecule has 1 rings (SSSR count). The van der Waals surface area contributed by atoms with Crippen molar-refractivity contribution >= 4 is 5.97 Å². The summed E-state index contributed by atoms with van der Waals surface area (Å²) in [7, 11) is 3.61. The van der Waals surface area contributed by atoms with Gasteiger partial charge in [-0.2, -0.15) is 0 Å². The highest BCUT2D eigenvalue weighted by Gasteiger charge is 2.24. The van der Waals surface area contributed by atoms with Gasteiger partial charge in [0.1, 0.15) is 0 Å². The number of likely N-dealkylation sites (tertiary alicyclic amines) is 1. The molecule has 0 radical (unpaired) electrons. The lowest BCUT2D eigenvalue weighted by molar-refractivity contribution is -0.145. The van der Waals surface area contributed by atoms with E-state index in [1.807, 2.05) is 6.92 Å². The summed E-state index contributed by atoms with van der Waals surface area (Å²) in [6, 6.07) is 0.567. The average molecular weight is 199 g/mol. The smallest absolute Gasteiger partial charge is 0.308 e. The minimum atomic E-state index is -0.0797. The van der Waals surface area contributed by atoms with E-state index in [-0.39, 0.29) is 11.9 Å². The molecule has 14 heavy (non-hydrogen) atoms. The van der Waals surface area contributed by atoms with E-state index in [1.54, 1.807) is 0 Å². The lowest BCUT2D eigenvalue weighted by atomic mass is 9.94. The van der Waals surface area contributed by atoms with Crippen LogP contribution in [0, 0.1) is 5.92 Å². The maximum absolute atomic E-state index is 11.3. The summed E-state index contributed by atoms with van der Waals surface area (Å²) in [5.74, 6) is -0.0467. The van der Waals surface area contributed by atoms with E-state index in [9.17, 15) is 4.79 Å². The fraction of sp³-hybridized carbons (Fsp3) is 0.909. The molecule has 0 bridgehead atoms. The number of hydrogen-bond acceptors (Lipinski definition) is 3. The normalized spacial score (nSPS) is 25.8. The summed E-state index contributed by atoms with van der Waals surface area (Å²) in [4.78, 5) is 13.6. The summed E-state index contributed by atoms with van der Waals surface area (Å²) in [6.07, 6.45) is 4.74. The number of carbonyl (C=O) groups excluding carboxylic acids is 1. The molecule has 2 unspecified atom stereocenters. The fourth-order valence-corrected chi connectivity index (χ4v) is 2.15. The van der Waals surface area contributed by atoms with Crippen molar-refractivity contribution in [3.63, 3.8) is 0 Å². The molecule has 1 aliphatic heterocycles. The molecule has 1 heterocycles. The Hall–Kier alpha value is -0.570. The molecule has 0 saturated carbocycles. The first-order valence-corrected chi connectivity index (χ1v) is 5.43. The van der Waals surface area contributed by atoms with Gasteiger partial charge in [-0.25, -0.2) is 0 Å². The zero-order valence-corrected chi connectivity index (χ0v) is 9.45.